The molecule has 3 rings (SSSR count). The number of likely N-dealkylation sites (tertiary alicyclic amines) is 1. The van der Waals surface area contributed by atoms with Crippen LogP contribution in [-0.2, 0) is 0 Å². The highest BCUT2D eigenvalue weighted by Crippen LogP contribution is 2.28. The third kappa shape index (κ3) is 2.18. The van der Waals surface area contributed by atoms with Crippen molar-refractivity contribution in [1.29, 1.82) is 0 Å². The molecular formula is C15H20N4O. The van der Waals surface area contributed by atoms with Crippen LogP contribution in [0, 0.1) is 0 Å². The number of hydrogen-bond acceptors (Lipinski definition) is 3. The summed E-state index contributed by atoms with van der Waals surface area (Å²) in [5.41, 5.74) is 7.50. The van der Waals surface area contributed by atoms with Crippen LogP contribution in [0.1, 0.15) is 42.4 Å². The van der Waals surface area contributed by atoms with Gasteiger partial charge in [0.15, 0.2) is 0 Å². The molecule has 106 valence electrons. The molecule has 0 radical (unpaired) electrons. The van der Waals surface area contributed by atoms with Crippen LogP contribution in [0.15, 0.2) is 18.2 Å². The highest BCUT2D eigenvalue weighted by Gasteiger charge is 2.27. The predicted octanol–water partition coefficient (Wildman–Crippen LogP) is 1.86. The molecule has 3 N–H and O–H groups in total. The van der Waals surface area contributed by atoms with E-state index in [9.17, 15) is 4.79 Å². The molecule has 1 fully saturated rings. The number of H-pyrrole nitrogens is 1. The zero-order valence-electron chi connectivity index (χ0n) is 11.9. The summed E-state index contributed by atoms with van der Waals surface area (Å²) in [4.78, 5) is 21.9. The Kier molecular flexibility index (Phi) is 3.22. The summed E-state index contributed by atoms with van der Waals surface area (Å²) in [5, 5.41) is 0. The second-order valence-electron chi connectivity index (χ2n) is 5.76. The van der Waals surface area contributed by atoms with E-state index in [0.717, 1.165) is 36.4 Å². The monoisotopic (exact) mass is 272 g/mol. The number of aromatic nitrogens is 2. The molecule has 1 aromatic carbocycles. The highest BCUT2D eigenvalue weighted by molar-refractivity contribution is 6.04. The minimum atomic E-state index is -0.416. The summed E-state index contributed by atoms with van der Waals surface area (Å²) in [6.07, 6.45) is 1.10. The number of imidazole rings is 1. The van der Waals surface area contributed by atoms with E-state index in [4.69, 9.17) is 5.73 Å². The van der Waals surface area contributed by atoms with Gasteiger partial charge in [-0.15, -0.1) is 0 Å². The molecule has 1 saturated heterocycles. The van der Waals surface area contributed by atoms with Crippen LogP contribution in [0.3, 0.4) is 0 Å². The van der Waals surface area contributed by atoms with Gasteiger partial charge in [0.25, 0.3) is 5.91 Å². The van der Waals surface area contributed by atoms with Crippen molar-refractivity contribution in [2.24, 2.45) is 5.73 Å². The molecule has 1 aromatic heterocycles. The number of nitrogens with zero attached hydrogens (tertiary/aromatic N) is 2. The first kappa shape index (κ1) is 13.1. The Labute approximate surface area is 118 Å². The summed E-state index contributed by atoms with van der Waals surface area (Å²) in [6, 6.07) is 6.03. The first-order valence-electron chi connectivity index (χ1n) is 7.08. The van der Waals surface area contributed by atoms with Gasteiger partial charge in [0, 0.05) is 18.5 Å². The van der Waals surface area contributed by atoms with Crippen LogP contribution < -0.4 is 5.73 Å². The Morgan fingerprint density at radius 1 is 1.50 bits per heavy atom. The zero-order valence-corrected chi connectivity index (χ0v) is 11.9. The van der Waals surface area contributed by atoms with E-state index in [-0.39, 0.29) is 0 Å². The summed E-state index contributed by atoms with van der Waals surface area (Å²) in [6.45, 7) is 6.55. The van der Waals surface area contributed by atoms with Gasteiger partial charge < -0.3 is 15.6 Å². The number of fused-ring (bicyclic) bond motifs is 1. The van der Waals surface area contributed by atoms with Gasteiger partial charge in [0.05, 0.1) is 16.6 Å². The molecule has 1 aliphatic rings. The molecule has 2 aromatic rings. The molecule has 1 aliphatic heterocycles. The van der Waals surface area contributed by atoms with Gasteiger partial charge in [0.1, 0.15) is 5.82 Å². The standard InChI is InChI=1S/C15H20N4O/c1-9(2)19-7-6-10(8-19)15-17-12-5-3-4-11(14(16)20)13(12)18-15/h3-5,9-10H,6-8H2,1-2H3,(H2,16,20)(H,17,18). The fraction of sp³-hybridized carbons (Fsp3) is 0.467. The number of nitrogens with one attached hydrogen (secondary N) is 1. The number of amides is 1. The van der Waals surface area contributed by atoms with Crippen LogP contribution >= 0.6 is 0 Å². The molecule has 1 amide bonds. The number of rotatable bonds is 3. The van der Waals surface area contributed by atoms with Crippen molar-refractivity contribution in [2.75, 3.05) is 13.1 Å². The van der Waals surface area contributed by atoms with Crippen molar-refractivity contribution in [3.05, 3.63) is 29.6 Å². The van der Waals surface area contributed by atoms with Gasteiger partial charge in [-0.1, -0.05) is 6.07 Å². The normalized spacial score (nSPS) is 20.1. The average Bonchev–Trinajstić information content (AvgIpc) is 3.04. The highest BCUT2D eigenvalue weighted by atomic mass is 16.1. The summed E-state index contributed by atoms with van der Waals surface area (Å²) in [5.74, 6) is 0.961. The summed E-state index contributed by atoms with van der Waals surface area (Å²) < 4.78 is 0. The molecule has 2 heterocycles. The zero-order chi connectivity index (χ0) is 14.3. The molecule has 0 saturated carbocycles. The second kappa shape index (κ2) is 4.90. The number of carbonyl (C=O) groups excluding carboxylic acids is 1. The molecule has 1 atom stereocenters. The number of hydrogen-bond donors (Lipinski definition) is 2. The van der Waals surface area contributed by atoms with E-state index in [0.29, 0.717) is 17.5 Å². The third-order valence-electron chi connectivity index (χ3n) is 4.14. The number of primary amides is 1. The Morgan fingerprint density at radius 3 is 2.95 bits per heavy atom. The predicted molar refractivity (Wildman–Crippen MR) is 78.7 cm³/mol. The first-order chi connectivity index (χ1) is 9.56. The summed E-state index contributed by atoms with van der Waals surface area (Å²) in [7, 11) is 0. The minimum absolute atomic E-state index is 0.408. The number of nitrogens with two attached hydrogens (primary N) is 1. The third-order valence-corrected chi connectivity index (χ3v) is 4.14. The van der Waals surface area contributed by atoms with Crippen LogP contribution in [0.25, 0.3) is 11.0 Å². The number of benzene rings is 1. The Balaban J connectivity index is 1.94. The Morgan fingerprint density at radius 2 is 2.30 bits per heavy atom. The van der Waals surface area contributed by atoms with Gasteiger partial charge in [0.2, 0.25) is 0 Å². The topological polar surface area (TPSA) is 75.0 Å². The van der Waals surface area contributed by atoms with E-state index in [1.54, 1.807) is 6.07 Å². The van der Waals surface area contributed by atoms with E-state index in [1.165, 1.54) is 0 Å². The fourth-order valence-corrected chi connectivity index (χ4v) is 2.93. The minimum Gasteiger partial charge on any atom is -0.366 e. The fourth-order valence-electron chi connectivity index (χ4n) is 2.93. The number of carbonyl (C=O) groups is 1. The molecule has 0 aliphatic carbocycles. The van der Waals surface area contributed by atoms with Crippen molar-refractivity contribution in [2.45, 2.75) is 32.2 Å². The lowest BCUT2D eigenvalue weighted by Gasteiger charge is -2.19. The molecule has 1 unspecified atom stereocenters. The van der Waals surface area contributed by atoms with Crippen molar-refractivity contribution in [1.82, 2.24) is 14.9 Å². The summed E-state index contributed by atoms with van der Waals surface area (Å²) >= 11 is 0. The smallest absolute Gasteiger partial charge is 0.250 e. The van der Waals surface area contributed by atoms with Gasteiger partial charge >= 0.3 is 0 Å². The van der Waals surface area contributed by atoms with Crippen molar-refractivity contribution < 1.29 is 4.79 Å². The largest absolute Gasteiger partial charge is 0.366 e. The average molecular weight is 272 g/mol. The van der Waals surface area contributed by atoms with Crippen molar-refractivity contribution in [3.63, 3.8) is 0 Å². The van der Waals surface area contributed by atoms with E-state index >= 15 is 0 Å². The van der Waals surface area contributed by atoms with Gasteiger partial charge in [-0.05, 0) is 38.9 Å². The molecular weight excluding hydrogens is 252 g/mol. The number of para-hydroxylation sites is 1. The maximum Gasteiger partial charge on any atom is 0.250 e. The van der Waals surface area contributed by atoms with Gasteiger partial charge in [-0.2, -0.15) is 0 Å². The van der Waals surface area contributed by atoms with Crippen molar-refractivity contribution >= 4 is 16.9 Å². The van der Waals surface area contributed by atoms with E-state index < -0.39 is 5.91 Å². The lowest BCUT2D eigenvalue weighted by Crippen LogP contribution is -2.28. The van der Waals surface area contributed by atoms with Crippen LogP contribution in [0.4, 0.5) is 0 Å². The van der Waals surface area contributed by atoms with Gasteiger partial charge in [-0.3, -0.25) is 4.79 Å². The maximum absolute atomic E-state index is 11.5. The maximum atomic E-state index is 11.5. The first-order valence-corrected chi connectivity index (χ1v) is 7.08. The van der Waals surface area contributed by atoms with E-state index in [2.05, 4.69) is 28.7 Å². The molecule has 5 heteroatoms. The van der Waals surface area contributed by atoms with Crippen LogP contribution in [0.5, 0.6) is 0 Å². The number of aromatic amines is 1. The molecule has 20 heavy (non-hydrogen) atoms. The lowest BCUT2D eigenvalue weighted by atomic mass is 10.1. The van der Waals surface area contributed by atoms with E-state index in [1.807, 2.05) is 12.1 Å². The molecule has 5 nitrogen and oxygen atoms in total. The second-order valence-corrected chi connectivity index (χ2v) is 5.76. The quantitative estimate of drug-likeness (QED) is 0.895. The Bertz CT molecular complexity index is 646. The molecule has 0 bridgehead atoms. The molecule has 0 spiro atoms. The van der Waals surface area contributed by atoms with Gasteiger partial charge in [-0.25, -0.2) is 4.98 Å². The lowest BCUT2D eigenvalue weighted by molar-refractivity contribution is 0.100. The SMILES string of the molecule is CC(C)N1CCC(c2nc3cccc(C(N)=O)c3[nH]2)C1. The Hall–Kier alpha value is -1.88. The van der Waals surface area contributed by atoms with Crippen LogP contribution in [-0.4, -0.2) is 39.9 Å². The van der Waals surface area contributed by atoms with Crippen molar-refractivity contribution in [3.8, 4) is 0 Å². The van der Waals surface area contributed by atoms with Crippen LogP contribution in [0.2, 0.25) is 0 Å².